The molecule has 0 bridgehead atoms. The van der Waals surface area contributed by atoms with E-state index in [9.17, 15) is 24.3 Å². The molecule has 35 heavy (non-hydrogen) atoms. The van der Waals surface area contributed by atoms with E-state index >= 15 is 0 Å². The fourth-order valence-corrected chi connectivity index (χ4v) is 3.59. The second kappa shape index (κ2) is 13.1. The van der Waals surface area contributed by atoms with Crippen molar-refractivity contribution in [3.63, 3.8) is 0 Å². The molecule has 0 saturated carbocycles. The first-order valence-electron chi connectivity index (χ1n) is 11.6. The van der Waals surface area contributed by atoms with E-state index in [1.807, 2.05) is 39.0 Å². The summed E-state index contributed by atoms with van der Waals surface area (Å²) in [6.45, 7) is 11.2. The van der Waals surface area contributed by atoms with E-state index in [0.717, 1.165) is 11.1 Å². The zero-order chi connectivity index (χ0) is 26.9. The van der Waals surface area contributed by atoms with Gasteiger partial charge in [0, 0.05) is 6.04 Å². The molecule has 1 aromatic rings. The number of aryl methyl sites for hydroxylation is 2. The van der Waals surface area contributed by atoms with Gasteiger partial charge < -0.3 is 30.1 Å². The summed E-state index contributed by atoms with van der Waals surface area (Å²) in [5, 5.41) is 14.9. The van der Waals surface area contributed by atoms with Gasteiger partial charge in [-0.3, -0.25) is 14.4 Å². The Kier molecular flexibility index (Phi) is 11.2. The molecule has 10 heteroatoms. The fraction of sp³-hybridized carbons (Fsp3) is 0.600. The number of nitrogens with zero attached hydrogens (tertiary/aromatic N) is 1. The Balaban J connectivity index is 3.53. The van der Waals surface area contributed by atoms with Gasteiger partial charge in [0.05, 0.1) is 13.7 Å². The molecule has 3 unspecified atom stereocenters. The van der Waals surface area contributed by atoms with Gasteiger partial charge in [0.25, 0.3) is 0 Å². The predicted molar refractivity (Wildman–Crippen MR) is 131 cm³/mol. The van der Waals surface area contributed by atoms with Gasteiger partial charge in [-0.05, 0) is 64.7 Å². The number of carbonyl (C=O) groups is 4. The van der Waals surface area contributed by atoms with Crippen molar-refractivity contribution in [3.8, 4) is 0 Å². The number of benzene rings is 1. The highest BCUT2D eigenvalue weighted by Crippen LogP contribution is 2.30. The molecule has 0 fully saturated rings. The van der Waals surface area contributed by atoms with Crippen LogP contribution in [0.1, 0.15) is 63.8 Å². The van der Waals surface area contributed by atoms with Gasteiger partial charge in [-0.2, -0.15) is 0 Å². The predicted octanol–water partition coefficient (Wildman–Crippen LogP) is 2.15. The minimum atomic E-state index is -1.35. The smallest absolute Gasteiger partial charge is 0.408 e. The van der Waals surface area contributed by atoms with Gasteiger partial charge in [-0.25, -0.2) is 4.79 Å². The molecule has 3 atom stereocenters. The lowest BCUT2D eigenvalue weighted by Gasteiger charge is -2.39. The lowest BCUT2D eigenvalue weighted by Crippen LogP contribution is -2.57. The van der Waals surface area contributed by atoms with Crippen LogP contribution in [0.25, 0.3) is 0 Å². The summed E-state index contributed by atoms with van der Waals surface area (Å²) in [5.41, 5.74) is 1.32. The largest absolute Gasteiger partial charge is 0.468 e. The third-order valence-corrected chi connectivity index (χ3v) is 5.47. The normalized spacial score (nSPS) is 13.7. The molecule has 3 amide bonds. The maximum absolute atomic E-state index is 13.7. The van der Waals surface area contributed by atoms with Crippen molar-refractivity contribution in [2.24, 2.45) is 0 Å². The summed E-state index contributed by atoms with van der Waals surface area (Å²) in [7, 11) is 1.21. The molecule has 1 aromatic carbocycles. The van der Waals surface area contributed by atoms with Gasteiger partial charge in [0.2, 0.25) is 11.8 Å². The van der Waals surface area contributed by atoms with Crippen LogP contribution in [0, 0.1) is 13.8 Å². The average molecular weight is 494 g/mol. The van der Waals surface area contributed by atoms with Gasteiger partial charge in [0.15, 0.2) is 0 Å². The van der Waals surface area contributed by atoms with Crippen molar-refractivity contribution < 1.29 is 33.8 Å². The SMILES string of the molecule is CCC(C)N(C(=O)C(CO)NC(=O)OC(C)(C)C)C(C(=O)NCC(=O)OC)c1c(C)cccc1C. The van der Waals surface area contributed by atoms with Crippen LogP contribution < -0.4 is 10.6 Å². The second-order valence-corrected chi connectivity index (χ2v) is 9.39. The monoisotopic (exact) mass is 493 g/mol. The van der Waals surface area contributed by atoms with E-state index in [-0.39, 0.29) is 6.54 Å². The highest BCUT2D eigenvalue weighted by molar-refractivity contribution is 5.93. The number of rotatable bonds is 10. The zero-order valence-corrected chi connectivity index (χ0v) is 21.9. The Bertz CT molecular complexity index is 891. The number of methoxy groups -OCH3 is 1. The van der Waals surface area contributed by atoms with Crippen molar-refractivity contribution in [2.75, 3.05) is 20.3 Å². The first-order valence-corrected chi connectivity index (χ1v) is 11.6. The Morgan fingerprint density at radius 1 is 1.11 bits per heavy atom. The van der Waals surface area contributed by atoms with Crippen LogP contribution in [0.2, 0.25) is 0 Å². The number of amides is 3. The molecule has 1 rings (SSSR count). The van der Waals surface area contributed by atoms with Crippen LogP contribution in [-0.4, -0.2) is 71.8 Å². The standard InChI is InChI=1S/C25H39N3O7/c1-9-17(4)28(23(32)18(14-29)27-24(33)35-25(5,6)7)21(22(31)26-13-19(30)34-8)20-15(2)11-10-12-16(20)3/h10-12,17-18,21,29H,9,13-14H2,1-8H3,(H,26,31)(H,27,33). The molecule has 196 valence electrons. The molecule has 0 radical (unpaired) electrons. The molecule has 0 aromatic heterocycles. The van der Waals surface area contributed by atoms with E-state index in [4.69, 9.17) is 4.74 Å². The molecule has 3 N–H and O–H groups in total. The maximum atomic E-state index is 13.7. The van der Waals surface area contributed by atoms with Crippen LogP contribution in [0.15, 0.2) is 18.2 Å². The van der Waals surface area contributed by atoms with Crippen molar-refractivity contribution in [1.29, 1.82) is 0 Å². The molecule has 0 heterocycles. The average Bonchev–Trinajstić information content (AvgIpc) is 2.77. The van der Waals surface area contributed by atoms with Crippen LogP contribution in [-0.2, 0) is 23.9 Å². The van der Waals surface area contributed by atoms with Gasteiger partial charge in [-0.15, -0.1) is 0 Å². The number of hydrogen-bond acceptors (Lipinski definition) is 7. The summed E-state index contributed by atoms with van der Waals surface area (Å²) in [4.78, 5) is 52.6. The molecule has 0 aliphatic heterocycles. The number of alkyl carbamates (subject to hydrolysis) is 1. The summed E-state index contributed by atoms with van der Waals surface area (Å²) in [5.74, 6) is -1.89. The topological polar surface area (TPSA) is 134 Å². The molecule has 0 aliphatic carbocycles. The van der Waals surface area contributed by atoms with Crippen LogP contribution in [0.5, 0.6) is 0 Å². The Labute approximate surface area is 207 Å². The molecule has 0 aliphatic rings. The molecule has 0 spiro atoms. The fourth-order valence-electron chi connectivity index (χ4n) is 3.59. The zero-order valence-electron chi connectivity index (χ0n) is 21.9. The summed E-state index contributed by atoms with van der Waals surface area (Å²) in [6, 6.07) is 2.56. The number of nitrogens with one attached hydrogen (secondary N) is 2. The van der Waals surface area contributed by atoms with E-state index in [2.05, 4.69) is 15.4 Å². The Hall–Kier alpha value is -3.14. The molecule has 10 nitrogen and oxygen atoms in total. The molecule has 0 saturated heterocycles. The van der Waals surface area contributed by atoms with Crippen LogP contribution >= 0.6 is 0 Å². The number of aliphatic hydroxyl groups excluding tert-OH is 1. The van der Waals surface area contributed by atoms with E-state index in [1.165, 1.54) is 12.0 Å². The molecular formula is C25H39N3O7. The highest BCUT2D eigenvalue weighted by atomic mass is 16.6. The minimum Gasteiger partial charge on any atom is -0.468 e. The number of ether oxygens (including phenoxy) is 2. The van der Waals surface area contributed by atoms with Crippen molar-refractivity contribution in [1.82, 2.24) is 15.5 Å². The van der Waals surface area contributed by atoms with Crippen molar-refractivity contribution in [2.45, 2.75) is 78.6 Å². The number of esters is 1. The number of aliphatic hydroxyl groups is 1. The summed E-state index contributed by atoms with van der Waals surface area (Å²) in [6.07, 6.45) is -0.380. The van der Waals surface area contributed by atoms with Crippen LogP contribution in [0.3, 0.4) is 0 Å². The van der Waals surface area contributed by atoms with E-state index < -0.39 is 54.2 Å². The number of carbonyl (C=O) groups excluding carboxylic acids is 4. The first kappa shape index (κ1) is 29.9. The second-order valence-electron chi connectivity index (χ2n) is 9.39. The van der Waals surface area contributed by atoms with E-state index in [1.54, 1.807) is 27.7 Å². The first-order chi connectivity index (χ1) is 16.3. The van der Waals surface area contributed by atoms with Gasteiger partial charge in [-0.1, -0.05) is 25.1 Å². The third kappa shape index (κ3) is 8.54. The third-order valence-electron chi connectivity index (χ3n) is 5.47. The summed E-state index contributed by atoms with van der Waals surface area (Å²) >= 11 is 0. The lowest BCUT2D eigenvalue weighted by atomic mass is 9.92. The van der Waals surface area contributed by atoms with Crippen molar-refractivity contribution >= 4 is 23.9 Å². The summed E-state index contributed by atoms with van der Waals surface area (Å²) < 4.78 is 9.85. The Morgan fingerprint density at radius 2 is 1.69 bits per heavy atom. The highest BCUT2D eigenvalue weighted by Gasteiger charge is 2.39. The number of hydrogen-bond donors (Lipinski definition) is 3. The van der Waals surface area contributed by atoms with Gasteiger partial charge in [0.1, 0.15) is 24.2 Å². The minimum absolute atomic E-state index is 0.376. The lowest BCUT2D eigenvalue weighted by molar-refractivity contribution is -0.147. The van der Waals surface area contributed by atoms with E-state index in [0.29, 0.717) is 12.0 Å². The Morgan fingerprint density at radius 3 is 2.14 bits per heavy atom. The quantitative estimate of drug-likeness (QED) is 0.425. The molecular weight excluding hydrogens is 454 g/mol. The van der Waals surface area contributed by atoms with Crippen molar-refractivity contribution in [3.05, 3.63) is 34.9 Å². The van der Waals surface area contributed by atoms with Crippen LogP contribution in [0.4, 0.5) is 4.79 Å². The van der Waals surface area contributed by atoms with Gasteiger partial charge >= 0.3 is 12.1 Å². The maximum Gasteiger partial charge on any atom is 0.408 e.